The highest BCUT2D eigenvalue weighted by molar-refractivity contribution is 6.30. The summed E-state index contributed by atoms with van der Waals surface area (Å²) in [6.45, 7) is 4.01. The zero-order valence-corrected chi connectivity index (χ0v) is 16.9. The summed E-state index contributed by atoms with van der Waals surface area (Å²) < 4.78 is 0. The average Bonchev–Trinajstić information content (AvgIpc) is 2.72. The largest absolute Gasteiger partial charge is 0.372 e. The SMILES string of the molecule is CC(=O)N(CC(=O)NCc1ccc(Cl)cc1)c1ccc(N2CCCCC2)cc1. The molecule has 1 N–H and O–H groups in total. The van der Waals surface area contributed by atoms with Gasteiger partial charge in [0, 0.05) is 43.0 Å². The minimum absolute atomic E-state index is 0.00795. The Morgan fingerprint density at radius 1 is 1.00 bits per heavy atom. The van der Waals surface area contributed by atoms with E-state index in [1.165, 1.54) is 36.8 Å². The molecule has 2 aromatic carbocycles. The van der Waals surface area contributed by atoms with Gasteiger partial charge in [0.25, 0.3) is 0 Å². The smallest absolute Gasteiger partial charge is 0.240 e. The van der Waals surface area contributed by atoms with E-state index in [1.807, 2.05) is 36.4 Å². The van der Waals surface area contributed by atoms with Gasteiger partial charge in [-0.1, -0.05) is 23.7 Å². The van der Waals surface area contributed by atoms with Crippen molar-refractivity contribution < 1.29 is 9.59 Å². The van der Waals surface area contributed by atoms with Gasteiger partial charge in [0.2, 0.25) is 11.8 Å². The molecule has 0 atom stereocenters. The molecule has 1 heterocycles. The van der Waals surface area contributed by atoms with E-state index in [1.54, 1.807) is 12.1 Å². The fraction of sp³-hybridized carbons (Fsp3) is 0.364. The van der Waals surface area contributed by atoms with E-state index in [-0.39, 0.29) is 18.4 Å². The molecule has 28 heavy (non-hydrogen) atoms. The Morgan fingerprint density at radius 2 is 1.64 bits per heavy atom. The second-order valence-corrected chi connectivity index (χ2v) is 7.51. The second kappa shape index (κ2) is 9.60. The van der Waals surface area contributed by atoms with Gasteiger partial charge in [0.05, 0.1) is 0 Å². The Labute approximate surface area is 171 Å². The molecule has 148 valence electrons. The third-order valence-electron chi connectivity index (χ3n) is 4.97. The number of carbonyl (C=O) groups is 2. The molecular weight excluding hydrogens is 374 g/mol. The molecule has 6 heteroatoms. The molecule has 0 saturated carbocycles. The Morgan fingerprint density at radius 3 is 2.25 bits per heavy atom. The van der Waals surface area contributed by atoms with Crippen molar-refractivity contribution in [3.05, 3.63) is 59.1 Å². The predicted octanol–water partition coefficient (Wildman–Crippen LogP) is 4.00. The zero-order chi connectivity index (χ0) is 19.9. The number of nitrogens with one attached hydrogen (secondary N) is 1. The number of hydrogen-bond acceptors (Lipinski definition) is 3. The molecular formula is C22H26ClN3O2. The van der Waals surface area contributed by atoms with E-state index in [0.717, 1.165) is 24.3 Å². The quantitative estimate of drug-likeness (QED) is 0.798. The van der Waals surface area contributed by atoms with E-state index in [4.69, 9.17) is 11.6 Å². The lowest BCUT2D eigenvalue weighted by Gasteiger charge is -2.29. The van der Waals surface area contributed by atoms with Crippen LogP contribution in [0.2, 0.25) is 5.02 Å². The fourth-order valence-corrected chi connectivity index (χ4v) is 3.51. The predicted molar refractivity (Wildman–Crippen MR) is 114 cm³/mol. The van der Waals surface area contributed by atoms with Crippen LogP contribution in [0.25, 0.3) is 0 Å². The molecule has 1 fully saturated rings. The Hall–Kier alpha value is -2.53. The third-order valence-corrected chi connectivity index (χ3v) is 5.22. The second-order valence-electron chi connectivity index (χ2n) is 7.07. The number of carbonyl (C=O) groups excluding carboxylic acids is 2. The first kappa shape index (κ1) is 20.2. The number of nitrogens with zero attached hydrogens (tertiary/aromatic N) is 2. The summed E-state index contributed by atoms with van der Waals surface area (Å²) in [6, 6.07) is 15.2. The molecule has 2 amide bonds. The Kier molecular flexibility index (Phi) is 6.93. The van der Waals surface area contributed by atoms with Crippen LogP contribution in [0.5, 0.6) is 0 Å². The molecule has 3 rings (SSSR count). The molecule has 0 radical (unpaired) electrons. The average molecular weight is 400 g/mol. The fourth-order valence-electron chi connectivity index (χ4n) is 3.38. The van der Waals surface area contributed by atoms with E-state index in [9.17, 15) is 9.59 Å². The molecule has 1 saturated heterocycles. The van der Waals surface area contributed by atoms with Gasteiger partial charge in [-0.25, -0.2) is 0 Å². The highest BCUT2D eigenvalue weighted by atomic mass is 35.5. The summed E-state index contributed by atoms with van der Waals surface area (Å²) in [5, 5.41) is 3.51. The van der Waals surface area contributed by atoms with Crippen LogP contribution in [0.15, 0.2) is 48.5 Å². The maximum atomic E-state index is 12.3. The summed E-state index contributed by atoms with van der Waals surface area (Å²) in [4.78, 5) is 28.3. The lowest BCUT2D eigenvalue weighted by Crippen LogP contribution is -2.39. The molecule has 2 aromatic rings. The monoisotopic (exact) mass is 399 g/mol. The maximum absolute atomic E-state index is 12.3. The highest BCUT2D eigenvalue weighted by Gasteiger charge is 2.17. The van der Waals surface area contributed by atoms with Crippen LogP contribution in [-0.2, 0) is 16.1 Å². The summed E-state index contributed by atoms with van der Waals surface area (Å²) in [7, 11) is 0. The number of rotatable bonds is 6. The topological polar surface area (TPSA) is 52.7 Å². The minimum Gasteiger partial charge on any atom is -0.372 e. The van der Waals surface area contributed by atoms with Gasteiger partial charge in [-0.05, 0) is 61.2 Å². The lowest BCUT2D eigenvalue weighted by molar-refractivity contribution is -0.123. The van der Waals surface area contributed by atoms with E-state index in [2.05, 4.69) is 10.2 Å². The number of hydrogen-bond donors (Lipinski definition) is 1. The van der Waals surface area contributed by atoms with Crippen LogP contribution in [0.1, 0.15) is 31.7 Å². The van der Waals surface area contributed by atoms with Crippen LogP contribution >= 0.6 is 11.6 Å². The van der Waals surface area contributed by atoms with Crippen molar-refractivity contribution in [3.63, 3.8) is 0 Å². The molecule has 0 bridgehead atoms. The number of benzene rings is 2. The first-order valence-electron chi connectivity index (χ1n) is 9.67. The molecule has 0 spiro atoms. The van der Waals surface area contributed by atoms with E-state index in [0.29, 0.717) is 11.6 Å². The third kappa shape index (κ3) is 5.49. The number of anilines is 2. The number of amides is 2. The zero-order valence-electron chi connectivity index (χ0n) is 16.2. The normalized spacial score (nSPS) is 13.9. The summed E-state index contributed by atoms with van der Waals surface area (Å²) >= 11 is 5.87. The van der Waals surface area contributed by atoms with E-state index < -0.39 is 0 Å². The molecule has 0 aliphatic carbocycles. The van der Waals surface area contributed by atoms with Crippen molar-refractivity contribution in [1.82, 2.24) is 5.32 Å². The van der Waals surface area contributed by atoms with Crippen molar-refractivity contribution in [1.29, 1.82) is 0 Å². The summed E-state index contributed by atoms with van der Waals surface area (Å²) in [6.07, 6.45) is 3.72. The van der Waals surface area contributed by atoms with Crippen LogP contribution in [0.4, 0.5) is 11.4 Å². The summed E-state index contributed by atoms with van der Waals surface area (Å²) in [5.41, 5.74) is 2.85. The highest BCUT2D eigenvalue weighted by Crippen LogP contribution is 2.23. The van der Waals surface area contributed by atoms with Gasteiger partial charge in [0.1, 0.15) is 6.54 Å². The van der Waals surface area contributed by atoms with Crippen LogP contribution in [0, 0.1) is 0 Å². The first-order chi connectivity index (χ1) is 13.5. The van der Waals surface area contributed by atoms with Crippen molar-refractivity contribution in [3.8, 4) is 0 Å². The Bertz CT molecular complexity index is 800. The van der Waals surface area contributed by atoms with Gasteiger partial charge in [-0.15, -0.1) is 0 Å². The van der Waals surface area contributed by atoms with Crippen molar-refractivity contribution in [2.45, 2.75) is 32.7 Å². The van der Waals surface area contributed by atoms with Gasteiger partial charge in [-0.3, -0.25) is 9.59 Å². The van der Waals surface area contributed by atoms with Gasteiger partial charge < -0.3 is 15.1 Å². The standard InChI is InChI=1S/C22H26ClN3O2/c1-17(27)26(16-22(28)24-15-18-5-7-19(23)8-6-18)21-11-9-20(10-12-21)25-13-3-2-4-14-25/h5-12H,2-4,13-16H2,1H3,(H,24,28). The molecule has 1 aliphatic rings. The number of halogens is 1. The van der Waals surface area contributed by atoms with Gasteiger partial charge in [-0.2, -0.15) is 0 Å². The molecule has 5 nitrogen and oxygen atoms in total. The summed E-state index contributed by atoms with van der Waals surface area (Å²) in [5.74, 6) is -0.363. The lowest BCUT2D eigenvalue weighted by atomic mass is 10.1. The molecule has 0 unspecified atom stereocenters. The van der Waals surface area contributed by atoms with Gasteiger partial charge in [0.15, 0.2) is 0 Å². The van der Waals surface area contributed by atoms with E-state index >= 15 is 0 Å². The Balaban J connectivity index is 1.60. The maximum Gasteiger partial charge on any atom is 0.240 e. The van der Waals surface area contributed by atoms with Crippen LogP contribution in [0.3, 0.4) is 0 Å². The first-order valence-corrected chi connectivity index (χ1v) is 10.0. The van der Waals surface area contributed by atoms with Crippen LogP contribution < -0.4 is 15.1 Å². The molecule has 1 aliphatic heterocycles. The van der Waals surface area contributed by atoms with Crippen molar-refractivity contribution in [2.24, 2.45) is 0 Å². The molecule has 0 aromatic heterocycles. The number of piperidine rings is 1. The van der Waals surface area contributed by atoms with Gasteiger partial charge >= 0.3 is 0 Å². The van der Waals surface area contributed by atoms with Crippen molar-refractivity contribution in [2.75, 3.05) is 29.4 Å². The minimum atomic E-state index is -0.203. The van der Waals surface area contributed by atoms with Crippen LogP contribution in [-0.4, -0.2) is 31.4 Å². The van der Waals surface area contributed by atoms with Crippen molar-refractivity contribution >= 4 is 34.8 Å².